The number of amides is 1. The van der Waals surface area contributed by atoms with Crippen molar-refractivity contribution < 1.29 is 17.9 Å². The van der Waals surface area contributed by atoms with Crippen LogP contribution in [-0.4, -0.2) is 63.4 Å². The van der Waals surface area contributed by atoms with Crippen LogP contribution in [0.2, 0.25) is 0 Å². The highest BCUT2D eigenvalue weighted by atomic mass is 32.2. The lowest BCUT2D eigenvalue weighted by molar-refractivity contribution is -0.128. The van der Waals surface area contributed by atoms with Crippen molar-refractivity contribution in [1.29, 1.82) is 0 Å². The summed E-state index contributed by atoms with van der Waals surface area (Å²) in [6.07, 6.45) is 6.56. The minimum absolute atomic E-state index is 0.205. The second-order valence-electron chi connectivity index (χ2n) is 8.81. The maximum absolute atomic E-state index is 13.1. The van der Waals surface area contributed by atoms with Gasteiger partial charge >= 0.3 is 0 Å². The van der Waals surface area contributed by atoms with Crippen LogP contribution in [0.3, 0.4) is 0 Å². The molecule has 0 saturated carbocycles. The number of piperidine rings is 1. The van der Waals surface area contributed by atoms with Crippen LogP contribution in [0, 0.1) is 11.8 Å². The third kappa shape index (κ3) is 4.52. The second kappa shape index (κ2) is 8.74. The zero-order chi connectivity index (χ0) is 20.4. The van der Waals surface area contributed by atoms with Crippen LogP contribution in [0.4, 0.5) is 0 Å². The molecule has 1 atom stereocenters. The van der Waals surface area contributed by atoms with Gasteiger partial charge < -0.3 is 9.64 Å². The summed E-state index contributed by atoms with van der Waals surface area (Å²) >= 11 is 0. The van der Waals surface area contributed by atoms with Gasteiger partial charge in [0, 0.05) is 45.6 Å². The Morgan fingerprint density at radius 3 is 2.52 bits per heavy atom. The molecule has 4 rings (SSSR count). The quantitative estimate of drug-likeness (QED) is 0.709. The van der Waals surface area contributed by atoms with E-state index in [1.165, 1.54) is 17.5 Å². The smallest absolute Gasteiger partial charge is 0.243 e. The third-order valence-electron chi connectivity index (χ3n) is 6.71. The lowest BCUT2D eigenvalue weighted by Crippen LogP contribution is -2.42. The first kappa shape index (κ1) is 20.8. The zero-order valence-electron chi connectivity index (χ0n) is 17.3. The van der Waals surface area contributed by atoms with Crippen LogP contribution in [0.15, 0.2) is 23.1 Å². The number of benzene rings is 1. The fourth-order valence-electron chi connectivity index (χ4n) is 5.04. The van der Waals surface area contributed by atoms with E-state index in [2.05, 4.69) is 0 Å². The molecule has 29 heavy (non-hydrogen) atoms. The van der Waals surface area contributed by atoms with Gasteiger partial charge in [-0.05, 0) is 67.7 Å². The van der Waals surface area contributed by atoms with Crippen LogP contribution in [-0.2, 0) is 32.4 Å². The number of nitrogens with zero attached hydrogens (tertiary/aromatic N) is 2. The summed E-state index contributed by atoms with van der Waals surface area (Å²) < 4.78 is 33.1. The number of carbonyl (C=O) groups is 1. The van der Waals surface area contributed by atoms with Crippen molar-refractivity contribution in [1.82, 2.24) is 9.21 Å². The highest BCUT2D eigenvalue weighted by Crippen LogP contribution is 2.29. The largest absolute Gasteiger partial charge is 0.384 e. The second-order valence-corrected chi connectivity index (χ2v) is 10.7. The molecular formula is C22H32N2O4S. The lowest BCUT2D eigenvalue weighted by Gasteiger charge is -2.33. The Bertz CT molecular complexity index is 846. The maximum atomic E-state index is 13.1. The Kier molecular flexibility index (Phi) is 6.27. The number of sulfonamides is 1. The van der Waals surface area contributed by atoms with Gasteiger partial charge in [0.05, 0.1) is 11.5 Å². The molecule has 160 valence electrons. The van der Waals surface area contributed by atoms with Crippen molar-refractivity contribution in [3.8, 4) is 0 Å². The van der Waals surface area contributed by atoms with Crippen molar-refractivity contribution in [3.05, 3.63) is 29.3 Å². The molecule has 3 aliphatic rings. The van der Waals surface area contributed by atoms with Crippen LogP contribution in [0.1, 0.15) is 43.2 Å². The van der Waals surface area contributed by atoms with Crippen LogP contribution in [0.25, 0.3) is 0 Å². The molecule has 1 aliphatic carbocycles. The van der Waals surface area contributed by atoms with E-state index in [0.717, 1.165) is 45.2 Å². The van der Waals surface area contributed by atoms with E-state index in [0.29, 0.717) is 36.9 Å². The Hall–Kier alpha value is -1.44. The van der Waals surface area contributed by atoms with Gasteiger partial charge in [-0.1, -0.05) is 6.07 Å². The van der Waals surface area contributed by atoms with Gasteiger partial charge in [0.2, 0.25) is 15.9 Å². The summed E-state index contributed by atoms with van der Waals surface area (Å²) in [5.41, 5.74) is 2.50. The molecule has 1 amide bonds. The van der Waals surface area contributed by atoms with Crippen LogP contribution >= 0.6 is 0 Å². The SMILES string of the molecule is COCC1CC(=O)N(CC2CCN(S(=O)(=O)c3ccc4c(c3)CCCC4)CC2)C1. The number of carbonyl (C=O) groups excluding carboxylic acids is 1. The molecule has 0 radical (unpaired) electrons. The number of rotatable bonds is 6. The van der Waals surface area contributed by atoms with E-state index in [4.69, 9.17) is 4.74 Å². The highest BCUT2D eigenvalue weighted by molar-refractivity contribution is 7.89. The number of likely N-dealkylation sites (tertiary alicyclic amines) is 1. The molecule has 1 unspecified atom stereocenters. The standard InChI is InChI=1S/C22H32N2O4S/c1-28-16-18-12-22(25)23(15-18)14-17-8-10-24(11-9-17)29(26,27)21-7-6-19-4-2-3-5-20(19)13-21/h6-7,13,17-18H,2-5,8-12,14-16H2,1H3. The van der Waals surface area contributed by atoms with Gasteiger partial charge in [0.15, 0.2) is 0 Å². The molecule has 7 heteroatoms. The predicted molar refractivity (Wildman–Crippen MR) is 111 cm³/mol. The molecule has 2 heterocycles. The predicted octanol–water partition coefficient (Wildman–Crippen LogP) is 2.46. The van der Waals surface area contributed by atoms with Gasteiger partial charge in [-0.2, -0.15) is 4.31 Å². The molecule has 2 saturated heterocycles. The monoisotopic (exact) mass is 420 g/mol. The van der Waals surface area contributed by atoms with E-state index >= 15 is 0 Å². The average Bonchev–Trinajstić information content (AvgIpc) is 3.07. The first-order valence-electron chi connectivity index (χ1n) is 10.9. The zero-order valence-corrected chi connectivity index (χ0v) is 18.1. The summed E-state index contributed by atoms with van der Waals surface area (Å²) in [6.45, 7) is 3.20. The van der Waals surface area contributed by atoms with Gasteiger partial charge in [0.25, 0.3) is 0 Å². The first-order valence-corrected chi connectivity index (χ1v) is 12.3. The molecule has 1 aromatic carbocycles. The Balaban J connectivity index is 1.35. The van der Waals surface area contributed by atoms with Gasteiger partial charge in [-0.25, -0.2) is 8.42 Å². The molecule has 6 nitrogen and oxygen atoms in total. The van der Waals surface area contributed by atoms with E-state index in [9.17, 15) is 13.2 Å². The Labute approximate surface area is 174 Å². The number of hydrogen-bond donors (Lipinski definition) is 0. The summed E-state index contributed by atoms with van der Waals surface area (Å²) in [4.78, 5) is 14.6. The molecular weight excluding hydrogens is 388 g/mol. The van der Waals surface area contributed by atoms with Crippen molar-refractivity contribution in [2.24, 2.45) is 11.8 Å². The maximum Gasteiger partial charge on any atom is 0.243 e. The number of ether oxygens (including phenoxy) is 1. The van der Waals surface area contributed by atoms with E-state index in [1.807, 2.05) is 17.0 Å². The van der Waals surface area contributed by atoms with Crippen molar-refractivity contribution >= 4 is 15.9 Å². The third-order valence-corrected chi connectivity index (χ3v) is 8.60. The molecule has 2 fully saturated rings. The Morgan fingerprint density at radius 2 is 1.79 bits per heavy atom. The molecule has 0 aromatic heterocycles. The first-order chi connectivity index (χ1) is 14.0. The molecule has 0 spiro atoms. The normalized spacial score (nSPS) is 24.1. The summed E-state index contributed by atoms with van der Waals surface area (Å²) in [6, 6.07) is 5.68. The number of methoxy groups -OCH3 is 1. The van der Waals surface area contributed by atoms with E-state index < -0.39 is 10.0 Å². The molecule has 2 aliphatic heterocycles. The van der Waals surface area contributed by atoms with Crippen molar-refractivity contribution in [3.63, 3.8) is 0 Å². The number of hydrogen-bond acceptors (Lipinski definition) is 4. The fourth-order valence-corrected chi connectivity index (χ4v) is 6.56. The molecule has 0 N–H and O–H groups in total. The Morgan fingerprint density at radius 1 is 1.07 bits per heavy atom. The average molecular weight is 421 g/mol. The van der Waals surface area contributed by atoms with Crippen molar-refractivity contribution in [2.75, 3.05) is 39.9 Å². The number of aryl methyl sites for hydroxylation is 2. The van der Waals surface area contributed by atoms with Gasteiger partial charge in [0.1, 0.15) is 0 Å². The minimum atomic E-state index is -3.44. The summed E-state index contributed by atoms with van der Waals surface area (Å²) in [5.74, 6) is 0.864. The fraction of sp³-hybridized carbons (Fsp3) is 0.682. The van der Waals surface area contributed by atoms with Crippen LogP contribution in [0.5, 0.6) is 0 Å². The lowest BCUT2D eigenvalue weighted by atomic mass is 9.92. The molecule has 0 bridgehead atoms. The summed E-state index contributed by atoms with van der Waals surface area (Å²) in [5, 5.41) is 0. The molecule has 1 aromatic rings. The summed E-state index contributed by atoms with van der Waals surface area (Å²) in [7, 11) is -1.76. The minimum Gasteiger partial charge on any atom is -0.384 e. The van der Waals surface area contributed by atoms with E-state index in [1.54, 1.807) is 17.5 Å². The van der Waals surface area contributed by atoms with Gasteiger partial charge in [-0.3, -0.25) is 4.79 Å². The van der Waals surface area contributed by atoms with Crippen LogP contribution < -0.4 is 0 Å². The highest BCUT2D eigenvalue weighted by Gasteiger charge is 2.34. The van der Waals surface area contributed by atoms with Gasteiger partial charge in [-0.15, -0.1) is 0 Å². The van der Waals surface area contributed by atoms with Crippen molar-refractivity contribution in [2.45, 2.75) is 49.8 Å². The van der Waals surface area contributed by atoms with E-state index in [-0.39, 0.29) is 11.8 Å². The topological polar surface area (TPSA) is 66.9 Å². The number of fused-ring (bicyclic) bond motifs is 1.